The zero-order valence-electron chi connectivity index (χ0n) is 19.2. The molecular formula is C27H30N4O2. The number of aromatic nitrogens is 1. The molecule has 1 aliphatic heterocycles. The third-order valence-corrected chi connectivity index (χ3v) is 5.87. The van der Waals surface area contributed by atoms with E-state index in [2.05, 4.69) is 26.6 Å². The predicted octanol–water partition coefficient (Wildman–Crippen LogP) is 4.80. The van der Waals surface area contributed by atoms with Crippen LogP contribution in [0.15, 0.2) is 66.7 Å². The third-order valence-electron chi connectivity index (χ3n) is 5.87. The van der Waals surface area contributed by atoms with Crippen molar-refractivity contribution in [1.29, 1.82) is 0 Å². The molecule has 0 radical (unpaired) electrons. The number of aryl methyl sites for hydroxylation is 1. The van der Waals surface area contributed by atoms with Crippen molar-refractivity contribution in [2.45, 2.75) is 39.2 Å². The highest BCUT2D eigenvalue weighted by Crippen LogP contribution is 2.23. The van der Waals surface area contributed by atoms with E-state index in [1.165, 1.54) is 12.8 Å². The van der Waals surface area contributed by atoms with E-state index in [0.29, 0.717) is 11.3 Å². The summed E-state index contributed by atoms with van der Waals surface area (Å²) in [5, 5.41) is 5.88. The summed E-state index contributed by atoms with van der Waals surface area (Å²) >= 11 is 0. The van der Waals surface area contributed by atoms with E-state index in [4.69, 9.17) is 0 Å². The molecule has 0 spiro atoms. The van der Waals surface area contributed by atoms with Gasteiger partial charge in [0.25, 0.3) is 5.91 Å². The minimum absolute atomic E-state index is 0.129. The van der Waals surface area contributed by atoms with Crippen molar-refractivity contribution in [3.8, 4) is 11.3 Å². The third kappa shape index (κ3) is 5.77. The second-order valence-electron chi connectivity index (χ2n) is 8.57. The van der Waals surface area contributed by atoms with Gasteiger partial charge in [-0.3, -0.25) is 14.6 Å². The van der Waals surface area contributed by atoms with E-state index >= 15 is 0 Å². The Hall–Kier alpha value is -3.67. The number of hydrogen-bond donors (Lipinski definition) is 2. The number of pyridine rings is 1. The molecule has 1 atom stereocenters. The molecule has 2 heterocycles. The second kappa shape index (κ2) is 10.3. The first kappa shape index (κ1) is 22.5. The van der Waals surface area contributed by atoms with Crippen LogP contribution in [0.4, 0.5) is 11.4 Å². The van der Waals surface area contributed by atoms with E-state index in [9.17, 15) is 9.59 Å². The van der Waals surface area contributed by atoms with Crippen molar-refractivity contribution < 1.29 is 9.59 Å². The smallest absolute Gasteiger partial charge is 0.253 e. The highest BCUT2D eigenvalue weighted by molar-refractivity contribution is 5.96. The monoisotopic (exact) mass is 442 g/mol. The molecule has 2 amide bonds. The molecule has 0 bridgehead atoms. The largest absolute Gasteiger partial charge is 0.371 e. The Labute approximate surface area is 195 Å². The molecule has 3 aromatic rings. The number of rotatable bonds is 7. The van der Waals surface area contributed by atoms with Crippen molar-refractivity contribution in [3.63, 3.8) is 0 Å². The van der Waals surface area contributed by atoms with Gasteiger partial charge in [-0.05, 0) is 57.0 Å². The molecule has 0 aliphatic carbocycles. The molecule has 2 N–H and O–H groups in total. The van der Waals surface area contributed by atoms with Crippen LogP contribution < -0.4 is 15.5 Å². The summed E-state index contributed by atoms with van der Waals surface area (Å²) in [5.74, 6) is -0.355. The lowest BCUT2D eigenvalue weighted by atomic mass is 10.1. The number of anilines is 2. The molecule has 33 heavy (non-hydrogen) atoms. The van der Waals surface area contributed by atoms with Gasteiger partial charge in [0.1, 0.15) is 0 Å². The zero-order valence-corrected chi connectivity index (χ0v) is 19.2. The fourth-order valence-corrected chi connectivity index (χ4v) is 4.17. The van der Waals surface area contributed by atoms with E-state index in [-0.39, 0.29) is 24.3 Å². The maximum absolute atomic E-state index is 12.8. The van der Waals surface area contributed by atoms with Crippen molar-refractivity contribution in [2.75, 3.05) is 23.3 Å². The van der Waals surface area contributed by atoms with Crippen LogP contribution in [-0.4, -0.2) is 35.9 Å². The maximum atomic E-state index is 12.8. The first-order valence-electron chi connectivity index (χ1n) is 11.5. The lowest BCUT2D eigenvalue weighted by Gasteiger charge is -2.19. The lowest BCUT2D eigenvalue weighted by molar-refractivity contribution is -0.116. The topological polar surface area (TPSA) is 74.3 Å². The van der Waals surface area contributed by atoms with Gasteiger partial charge in [-0.1, -0.05) is 36.4 Å². The number of hydrogen-bond acceptors (Lipinski definition) is 4. The summed E-state index contributed by atoms with van der Waals surface area (Å²) in [5.41, 5.74) is 4.91. The first-order valence-corrected chi connectivity index (χ1v) is 11.5. The Morgan fingerprint density at radius 2 is 1.76 bits per heavy atom. The predicted molar refractivity (Wildman–Crippen MR) is 132 cm³/mol. The quantitative estimate of drug-likeness (QED) is 0.551. The number of nitrogens with one attached hydrogen (secondary N) is 2. The Morgan fingerprint density at radius 3 is 2.48 bits per heavy atom. The van der Waals surface area contributed by atoms with E-state index in [1.54, 1.807) is 6.07 Å². The zero-order chi connectivity index (χ0) is 23.2. The average molecular weight is 443 g/mol. The van der Waals surface area contributed by atoms with Gasteiger partial charge in [-0.15, -0.1) is 0 Å². The Balaban J connectivity index is 1.33. The van der Waals surface area contributed by atoms with Crippen LogP contribution in [0.3, 0.4) is 0 Å². The second-order valence-corrected chi connectivity index (χ2v) is 8.57. The molecule has 2 aromatic carbocycles. The van der Waals surface area contributed by atoms with Crippen LogP contribution in [0.2, 0.25) is 0 Å². The molecule has 6 nitrogen and oxygen atoms in total. The molecule has 1 fully saturated rings. The van der Waals surface area contributed by atoms with Gasteiger partial charge in [-0.2, -0.15) is 0 Å². The Kier molecular flexibility index (Phi) is 7.03. The molecule has 0 saturated carbocycles. The minimum Gasteiger partial charge on any atom is -0.371 e. The van der Waals surface area contributed by atoms with Crippen LogP contribution in [0.5, 0.6) is 0 Å². The Morgan fingerprint density at radius 1 is 1.00 bits per heavy atom. The van der Waals surface area contributed by atoms with Gasteiger partial charge in [0, 0.05) is 42.5 Å². The van der Waals surface area contributed by atoms with Gasteiger partial charge in [0.2, 0.25) is 5.91 Å². The van der Waals surface area contributed by atoms with E-state index in [0.717, 1.165) is 35.7 Å². The van der Waals surface area contributed by atoms with E-state index < -0.39 is 0 Å². The summed E-state index contributed by atoms with van der Waals surface area (Å²) < 4.78 is 0. The molecule has 170 valence electrons. The SMILES string of the molecule is Cc1nc(-c2ccccc2)ccc1C(=O)NC(C)CC(=O)Nc1cccc(N2CCCC2)c1. The van der Waals surface area contributed by atoms with Crippen molar-refractivity contribution in [2.24, 2.45) is 0 Å². The van der Waals surface area contributed by atoms with Gasteiger partial charge in [0.05, 0.1) is 17.0 Å². The van der Waals surface area contributed by atoms with E-state index in [1.807, 2.05) is 68.4 Å². The van der Waals surface area contributed by atoms with Gasteiger partial charge >= 0.3 is 0 Å². The standard InChI is InChI=1S/C27H30N4O2/c1-19(17-26(32)30-22-11-8-12-23(18-22)31-15-6-7-16-31)28-27(33)24-13-14-25(29-20(24)2)21-9-4-3-5-10-21/h3-5,8-14,18-19H,6-7,15-17H2,1-2H3,(H,28,33)(H,30,32). The molecular weight excluding hydrogens is 412 g/mol. The first-order chi connectivity index (χ1) is 16.0. The summed E-state index contributed by atoms with van der Waals surface area (Å²) in [4.78, 5) is 32.2. The van der Waals surface area contributed by atoms with Crippen LogP contribution in [0.25, 0.3) is 11.3 Å². The number of amides is 2. The highest BCUT2D eigenvalue weighted by atomic mass is 16.2. The summed E-state index contributed by atoms with van der Waals surface area (Å²) in [6, 6.07) is 21.1. The van der Waals surface area contributed by atoms with Gasteiger partial charge < -0.3 is 15.5 Å². The summed E-state index contributed by atoms with van der Waals surface area (Å²) in [7, 11) is 0. The number of nitrogens with zero attached hydrogens (tertiary/aromatic N) is 2. The summed E-state index contributed by atoms with van der Waals surface area (Å²) in [6.45, 7) is 5.77. The number of benzene rings is 2. The molecule has 4 rings (SSSR count). The van der Waals surface area contributed by atoms with Crippen LogP contribution in [0.1, 0.15) is 42.2 Å². The molecule has 1 saturated heterocycles. The average Bonchev–Trinajstić information content (AvgIpc) is 3.34. The van der Waals surface area contributed by atoms with Crippen LogP contribution in [-0.2, 0) is 4.79 Å². The highest BCUT2D eigenvalue weighted by Gasteiger charge is 2.17. The molecule has 6 heteroatoms. The van der Waals surface area contributed by atoms with Gasteiger partial charge in [0.15, 0.2) is 0 Å². The Bertz CT molecular complexity index is 1120. The van der Waals surface area contributed by atoms with Gasteiger partial charge in [-0.25, -0.2) is 0 Å². The van der Waals surface area contributed by atoms with Crippen molar-refractivity contribution in [3.05, 3.63) is 78.0 Å². The molecule has 1 unspecified atom stereocenters. The minimum atomic E-state index is -0.313. The number of carbonyl (C=O) groups is 2. The fraction of sp³-hybridized carbons (Fsp3) is 0.296. The normalized spacial score (nSPS) is 14.1. The maximum Gasteiger partial charge on any atom is 0.253 e. The fourth-order valence-electron chi connectivity index (χ4n) is 4.17. The summed E-state index contributed by atoms with van der Waals surface area (Å²) in [6.07, 6.45) is 2.60. The van der Waals surface area contributed by atoms with Crippen molar-refractivity contribution in [1.82, 2.24) is 10.3 Å². The van der Waals surface area contributed by atoms with Crippen LogP contribution >= 0.6 is 0 Å². The van der Waals surface area contributed by atoms with Crippen LogP contribution in [0, 0.1) is 6.92 Å². The molecule has 1 aromatic heterocycles. The lowest BCUT2D eigenvalue weighted by Crippen LogP contribution is -2.36. The molecule has 1 aliphatic rings. The number of carbonyl (C=O) groups excluding carboxylic acids is 2. The van der Waals surface area contributed by atoms with Crippen molar-refractivity contribution >= 4 is 23.2 Å².